The van der Waals surface area contributed by atoms with Crippen molar-refractivity contribution in [1.29, 1.82) is 0 Å². The zero-order valence-electron chi connectivity index (χ0n) is 13.5. The fourth-order valence-corrected chi connectivity index (χ4v) is 4.26. The Morgan fingerprint density at radius 2 is 1.78 bits per heavy atom. The summed E-state index contributed by atoms with van der Waals surface area (Å²) >= 11 is 0. The van der Waals surface area contributed by atoms with E-state index in [1.54, 1.807) is 6.07 Å². The van der Waals surface area contributed by atoms with Crippen LogP contribution < -0.4 is 0 Å². The van der Waals surface area contributed by atoms with Crippen molar-refractivity contribution in [2.75, 3.05) is 7.05 Å². The number of piperidine rings is 2. The van der Waals surface area contributed by atoms with Gasteiger partial charge in [-0.05, 0) is 51.3 Å². The molecular formula is C18H22F3NO. The van der Waals surface area contributed by atoms with Crippen LogP contribution in [0.3, 0.4) is 0 Å². The zero-order chi connectivity index (χ0) is 16.8. The van der Waals surface area contributed by atoms with Crippen molar-refractivity contribution in [2.45, 2.75) is 57.3 Å². The smallest absolute Gasteiger partial charge is 0.300 e. The van der Waals surface area contributed by atoms with Gasteiger partial charge in [0, 0.05) is 23.6 Å². The number of Topliss-reactive ketones (excluding diaryl/α,β-unsaturated/α-hetero) is 1. The number of rotatable bonds is 2. The van der Waals surface area contributed by atoms with Crippen molar-refractivity contribution in [3.8, 4) is 0 Å². The van der Waals surface area contributed by atoms with Crippen LogP contribution in [0.5, 0.6) is 0 Å². The molecule has 23 heavy (non-hydrogen) atoms. The number of benzene rings is 1. The van der Waals surface area contributed by atoms with Gasteiger partial charge in [-0.1, -0.05) is 18.6 Å². The van der Waals surface area contributed by atoms with Gasteiger partial charge in [0.2, 0.25) is 0 Å². The van der Waals surface area contributed by atoms with E-state index in [-0.39, 0.29) is 22.8 Å². The predicted molar refractivity (Wildman–Crippen MR) is 82.4 cm³/mol. The van der Waals surface area contributed by atoms with Gasteiger partial charge in [0.25, 0.3) is 0 Å². The van der Waals surface area contributed by atoms with Gasteiger partial charge >= 0.3 is 6.18 Å². The van der Waals surface area contributed by atoms with Crippen molar-refractivity contribution < 1.29 is 18.0 Å². The third kappa shape index (κ3) is 3.03. The lowest BCUT2D eigenvalue weighted by atomic mass is 9.75. The normalized spacial score (nSPS) is 28.7. The molecule has 2 unspecified atom stereocenters. The molecule has 2 aliphatic rings. The highest BCUT2D eigenvalue weighted by molar-refractivity contribution is 5.99. The summed E-state index contributed by atoms with van der Waals surface area (Å²) in [6, 6.07) is 4.72. The molecule has 0 spiro atoms. The van der Waals surface area contributed by atoms with E-state index in [1.807, 2.05) is 0 Å². The van der Waals surface area contributed by atoms with E-state index in [9.17, 15) is 18.0 Å². The predicted octanol–water partition coefficient (Wildman–Crippen LogP) is 4.46. The Morgan fingerprint density at radius 3 is 2.35 bits per heavy atom. The van der Waals surface area contributed by atoms with E-state index in [2.05, 4.69) is 11.9 Å². The number of carbonyl (C=O) groups excluding carboxylic acids is 1. The van der Waals surface area contributed by atoms with Gasteiger partial charge in [-0.2, -0.15) is 13.2 Å². The highest BCUT2D eigenvalue weighted by atomic mass is 19.4. The fourth-order valence-electron chi connectivity index (χ4n) is 4.26. The minimum absolute atomic E-state index is 0.0640. The standard InChI is InChI=1S/C18H22F3NO/c1-11-15(7-4-8-16(11)18(19,20)21)17(23)12-9-13-5-3-6-14(10-12)22(13)2/h4,7-8,12-14H,3,5-6,9-10H2,1-2H3. The molecule has 0 aromatic heterocycles. The number of ketones is 1. The van der Waals surface area contributed by atoms with Crippen LogP contribution in [0.4, 0.5) is 13.2 Å². The maximum Gasteiger partial charge on any atom is 0.416 e. The lowest BCUT2D eigenvalue weighted by Gasteiger charge is -2.46. The first-order valence-corrected chi connectivity index (χ1v) is 8.22. The van der Waals surface area contributed by atoms with Gasteiger partial charge in [-0.25, -0.2) is 0 Å². The Balaban J connectivity index is 1.87. The Labute approximate surface area is 134 Å². The molecule has 2 bridgehead atoms. The molecule has 0 radical (unpaired) electrons. The van der Waals surface area contributed by atoms with E-state index >= 15 is 0 Å². The topological polar surface area (TPSA) is 20.3 Å². The molecule has 0 saturated carbocycles. The summed E-state index contributed by atoms with van der Waals surface area (Å²) in [6.45, 7) is 1.41. The molecule has 1 aromatic rings. The molecule has 0 amide bonds. The molecule has 5 heteroatoms. The van der Waals surface area contributed by atoms with Gasteiger partial charge in [0.1, 0.15) is 0 Å². The molecule has 0 aliphatic carbocycles. The summed E-state index contributed by atoms with van der Waals surface area (Å²) < 4.78 is 39.2. The van der Waals surface area contributed by atoms with Crippen LogP contribution in [0.15, 0.2) is 18.2 Å². The molecule has 2 saturated heterocycles. The molecular weight excluding hydrogens is 303 g/mol. The average molecular weight is 325 g/mol. The molecule has 2 atom stereocenters. The van der Waals surface area contributed by atoms with Crippen molar-refractivity contribution in [2.24, 2.45) is 5.92 Å². The quantitative estimate of drug-likeness (QED) is 0.748. The summed E-state index contributed by atoms with van der Waals surface area (Å²) in [5, 5.41) is 0. The summed E-state index contributed by atoms with van der Waals surface area (Å²) in [4.78, 5) is 15.2. The summed E-state index contributed by atoms with van der Waals surface area (Å²) in [5.41, 5.74) is -0.391. The first kappa shape index (κ1) is 16.5. The number of carbonyl (C=O) groups is 1. The lowest BCUT2D eigenvalue weighted by molar-refractivity contribution is -0.138. The van der Waals surface area contributed by atoms with Crippen LogP contribution in [0.25, 0.3) is 0 Å². The van der Waals surface area contributed by atoms with Crippen LogP contribution in [-0.2, 0) is 6.18 Å². The summed E-state index contributed by atoms with van der Waals surface area (Å²) in [7, 11) is 2.10. The van der Waals surface area contributed by atoms with Crippen LogP contribution >= 0.6 is 0 Å². The Kier molecular flexibility index (Phi) is 4.25. The van der Waals surface area contributed by atoms with Crippen molar-refractivity contribution in [3.63, 3.8) is 0 Å². The number of nitrogens with zero attached hydrogens (tertiary/aromatic N) is 1. The monoisotopic (exact) mass is 325 g/mol. The highest BCUT2D eigenvalue weighted by Gasteiger charge is 2.40. The van der Waals surface area contributed by atoms with Gasteiger partial charge in [-0.3, -0.25) is 4.79 Å². The molecule has 2 nitrogen and oxygen atoms in total. The molecule has 2 fully saturated rings. The molecule has 2 aliphatic heterocycles. The van der Waals surface area contributed by atoms with Crippen molar-refractivity contribution >= 4 is 5.78 Å². The minimum Gasteiger partial charge on any atom is -0.300 e. The van der Waals surface area contributed by atoms with Gasteiger partial charge < -0.3 is 4.90 Å². The third-order valence-electron chi connectivity index (χ3n) is 5.62. The Bertz CT molecular complexity index is 597. The maximum absolute atomic E-state index is 13.1. The van der Waals surface area contributed by atoms with Crippen LogP contribution in [0.2, 0.25) is 0 Å². The molecule has 1 aromatic carbocycles. The molecule has 126 valence electrons. The minimum atomic E-state index is -4.41. The van der Waals surface area contributed by atoms with E-state index in [0.29, 0.717) is 12.1 Å². The first-order valence-electron chi connectivity index (χ1n) is 8.22. The average Bonchev–Trinajstić information content (AvgIpc) is 2.45. The van der Waals surface area contributed by atoms with E-state index in [0.717, 1.165) is 31.7 Å². The number of alkyl halides is 3. The third-order valence-corrected chi connectivity index (χ3v) is 5.62. The second-order valence-electron chi connectivity index (χ2n) is 6.91. The Hall–Kier alpha value is -1.36. The fraction of sp³-hybridized carbons (Fsp3) is 0.611. The maximum atomic E-state index is 13.1. The second kappa shape index (κ2) is 5.93. The van der Waals surface area contributed by atoms with Gasteiger partial charge in [-0.15, -0.1) is 0 Å². The first-order chi connectivity index (χ1) is 10.8. The van der Waals surface area contributed by atoms with Crippen LogP contribution in [0.1, 0.15) is 53.6 Å². The largest absolute Gasteiger partial charge is 0.416 e. The molecule has 0 N–H and O–H groups in total. The van der Waals surface area contributed by atoms with Crippen LogP contribution in [-0.4, -0.2) is 29.8 Å². The van der Waals surface area contributed by atoms with Gasteiger partial charge in [0.15, 0.2) is 5.78 Å². The second-order valence-corrected chi connectivity index (χ2v) is 6.91. The van der Waals surface area contributed by atoms with Crippen molar-refractivity contribution in [1.82, 2.24) is 4.90 Å². The van der Waals surface area contributed by atoms with E-state index < -0.39 is 11.7 Å². The number of fused-ring (bicyclic) bond motifs is 2. The number of hydrogen-bond acceptors (Lipinski definition) is 2. The Morgan fingerprint density at radius 1 is 1.17 bits per heavy atom. The van der Waals surface area contributed by atoms with E-state index in [1.165, 1.54) is 19.4 Å². The number of hydrogen-bond donors (Lipinski definition) is 0. The molecule has 2 heterocycles. The summed E-state index contributed by atoms with van der Waals surface area (Å²) in [5.74, 6) is -0.262. The zero-order valence-corrected chi connectivity index (χ0v) is 13.5. The highest BCUT2D eigenvalue weighted by Crippen LogP contribution is 2.39. The number of halogens is 3. The molecule has 3 rings (SSSR count). The van der Waals surface area contributed by atoms with Crippen molar-refractivity contribution in [3.05, 3.63) is 34.9 Å². The summed E-state index contributed by atoms with van der Waals surface area (Å²) in [6.07, 6.45) is 0.465. The van der Waals surface area contributed by atoms with Crippen LogP contribution in [0, 0.1) is 12.8 Å². The van der Waals surface area contributed by atoms with Gasteiger partial charge in [0.05, 0.1) is 5.56 Å². The SMILES string of the molecule is Cc1c(C(=O)C2CC3CCCC(C2)N3C)cccc1C(F)(F)F. The van der Waals surface area contributed by atoms with E-state index in [4.69, 9.17) is 0 Å². The lowest BCUT2D eigenvalue weighted by Crippen LogP contribution is -2.51.